The number of piperazine rings is 1. The Kier molecular flexibility index (Phi) is 8.72. The average Bonchev–Trinajstić information content (AvgIpc) is 2.69. The van der Waals surface area contributed by atoms with E-state index in [9.17, 15) is 8.42 Å². The summed E-state index contributed by atoms with van der Waals surface area (Å²) in [4.78, 5) is 9.33. The van der Waals surface area contributed by atoms with Crippen LogP contribution >= 0.6 is 0 Å². The molecule has 0 bridgehead atoms. The van der Waals surface area contributed by atoms with Crippen LogP contribution in [0.3, 0.4) is 0 Å². The molecule has 0 aliphatic carbocycles. The van der Waals surface area contributed by atoms with Gasteiger partial charge in [0.1, 0.15) is 0 Å². The number of guanidine groups is 1. The van der Waals surface area contributed by atoms with Gasteiger partial charge < -0.3 is 15.1 Å². The highest BCUT2D eigenvalue weighted by atomic mass is 32.2. The number of hydrogen-bond donors (Lipinski definition) is 1. The molecule has 1 N–H and O–H groups in total. The van der Waals surface area contributed by atoms with Crippen LogP contribution in [0, 0.1) is 0 Å². The molecule has 1 aliphatic rings. The molecule has 1 heterocycles. The second-order valence-corrected chi connectivity index (χ2v) is 9.17. The van der Waals surface area contributed by atoms with Crippen molar-refractivity contribution >= 4 is 16.0 Å². The van der Waals surface area contributed by atoms with Gasteiger partial charge in [0.15, 0.2) is 5.96 Å². The van der Waals surface area contributed by atoms with Gasteiger partial charge in [-0.05, 0) is 32.0 Å². The molecule has 28 heavy (non-hydrogen) atoms. The van der Waals surface area contributed by atoms with Gasteiger partial charge in [-0.2, -0.15) is 4.31 Å². The maximum Gasteiger partial charge on any atom is 0.243 e. The zero-order valence-electron chi connectivity index (χ0n) is 17.7. The number of hydrogen-bond acceptors (Lipinski definition) is 4. The fraction of sp³-hybridized carbons (Fsp3) is 0.650. The summed E-state index contributed by atoms with van der Waals surface area (Å²) >= 11 is 0. The van der Waals surface area contributed by atoms with Crippen LogP contribution in [-0.2, 0) is 16.6 Å². The monoisotopic (exact) mass is 409 g/mol. The fourth-order valence-corrected chi connectivity index (χ4v) is 4.82. The van der Waals surface area contributed by atoms with Gasteiger partial charge in [-0.1, -0.05) is 31.5 Å². The first kappa shape index (κ1) is 22.6. The quantitative estimate of drug-likeness (QED) is 0.524. The maximum absolute atomic E-state index is 13.2. The minimum atomic E-state index is -3.51. The summed E-state index contributed by atoms with van der Waals surface area (Å²) in [6, 6.07) is 7.23. The molecule has 1 aromatic rings. The molecule has 0 aromatic heterocycles. The molecule has 7 nitrogen and oxygen atoms in total. The molecule has 0 saturated carbocycles. The highest BCUT2D eigenvalue weighted by Gasteiger charge is 2.29. The molecular formula is C20H35N5O2S. The summed E-state index contributed by atoms with van der Waals surface area (Å²) < 4.78 is 28.0. The zero-order chi connectivity index (χ0) is 20.6. The lowest BCUT2D eigenvalue weighted by molar-refractivity contribution is 0.222. The number of unbranched alkanes of at least 4 members (excludes halogenated alkanes) is 1. The van der Waals surface area contributed by atoms with Crippen molar-refractivity contribution in [3.8, 4) is 0 Å². The summed E-state index contributed by atoms with van der Waals surface area (Å²) in [7, 11) is 0.528. The second kappa shape index (κ2) is 10.8. The summed E-state index contributed by atoms with van der Waals surface area (Å²) in [5.74, 6) is 0.808. The Bertz CT molecular complexity index is 743. The van der Waals surface area contributed by atoms with E-state index >= 15 is 0 Å². The first-order chi connectivity index (χ1) is 13.4. The van der Waals surface area contributed by atoms with Crippen LogP contribution in [0.4, 0.5) is 0 Å². The Balaban J connectivity index is 2.22. The third kappa shape index (κ3) is 5.93. The molecule has 2 rings (SSSR count). The van der Waals surface area contributed by atoms with Crippen LogP contribution in [-0.4, -0.2) is 81.8 Å². The molecular weight excluding hydrogens is 374 g/mol. The van der Waals surface area contributed by atoms with E-state index < -0.39 is 10.0 Å². The Labute approximate surface area is 170 Å². The van der Waals surface area contributed by atoms with Crippen molar-refractivity contribution < 1.29 is 8.42 Å². The van der Waals surface area contributed by atoms with Gasteiger partial charge in [0.05, 0.1) is 11.4 Å². The van der Waals surface area contributed by atoms with Gasteiger partial charge in [-0.3, -0.25) is 0 Å². The van der Waals surface area contributed by atoms with Crippen LogP contribution < -0.4 is 5.32 Å². The van der Waals surface area contributed by atoms with E-state index in [1.165, 1.54) is 0 Å². The van der Waals surface area contributed by atoms with Gasteiger partial charge in [-0.15, -0.1) is 0 Å². The van der Waals surface area contributed by atoms with Crippen LogP contribution in [0.2, 0.25) is 0 Å². The van der Waals surface area contributed by atoms with Crippen molar-refractivity contribution in [1.82, 2.24) is 19.4 Å². The molecule has 1 aromatic carbocycles. The average molecular weight is 410 g/mol. The summed E-state index contributed by atoms with van der Waals surface area (Å²) in [5, 5.41) is 3.30. The molecule has 0 radical (unpaired) electrons. The molecule has 1 saturated heterocycles. The minimum Gasteiger partial charge on any atom is -0.357 e. The number of benzene rings is 1. The van der Waals surface area contributed by atoms with Crippen molar-refractivity contribution in [1.29, 1.82) is 0 Å². The van der Waals surface area contributed by atoms with Gasteiger partial charge in [-0.25, -0.2) is 13.4 Å². The van der Waals surface area contributed by atoms with Crippen molar-refractivity contribution in [2.45, 2.75) is 38.1 Å². The number of nitrogens with one attached hydrogen (secondary N) is 1. The van der Waals surface area contributed by atoms with Crippen LogP contribution in [0.5, 0.6) is 0 Å². The lowest BCUT2D eigenvalue weighted by Crippen LogP contribution is -2.47. The summed E-state index contributed by atoms with van der Waals surface area (Å²) in [6.07, 6.45) is 2.21. The Morgan fingerprint density at radius 2 is 1.86 bits per heavy atom. The number of nitrogens with zero attached hydrogens (tertiary/aromatic N) is 4. The van der Waals surface area contributed by atoms with Gasteiger partial charge in [0.2, 0.25) is 10.0 Å². The van der Waals surface area contributed by atoms with Gasteiger partial charge >= 0.3 is 0 Å². The number of sulfonamides is 1. The van der Waals surface area contributed by atoms with E-state index in [2.05, 4.69) is 22.0 Å². The zero-order valence-corrected chi connectivity index (χ0v) is 18.5. The summed E-state index contributed by atoms with van der Waals surface area (Å²) in [6.45, 7) is 8.80. The standard InChI is InChI=1S/C20H35N5O2S/c1-5-7-12-24(4)20(21-6-2)22-17-18-10-8-9-11-19(18)28(26,27)25-15-13-23(3)14-16-25/h8-11H,5-7,12-17H2,1-4H3,(H,21,22). The van der Waals surface area contributed by atoms with Gasteiger partial charge in [0.25, 0.3) is 0 Å². The van der Waals surface area contributed by atoms with Crippen molar-refractivity contribution in [3.05, 3.63) is 29.8 Å². The van der Waals surface area contributed by atoms with Crippen LogP contribution in [0.25, 0.3) is 0 Å². The third-order valence-corrected chi connectivity index (χ3v) is 6.99. The lowest BCUT2D eigenvalue weighted by Gasteiger charge is -2.32. The first-order valence-corrected chi connectivity index (χ1v) is 11.6. The fourth-order valence-electron chi connectivity index (χ4n) is 3.18. The number of likely N-dealkylation sites (N-methyl/N-ethyl adjacent to an activating group) is 1. The van der Waals surface area contributed by atoms with Crippen LogP contribution in [0.1, 0.15) is 32.3 Å². The SMILES string of the molecule is CCCCN(C)C(=NCc1ccccc1S(=O)(=O)N1CCN(C)CC1)NCC. The van der Waals surface area contributed by atoms with Gasteiger partial charge in [0, 0.05) is 46.3 Å². The molecule has 0 spiro atoms. The largest absolute Gasteiger partial charge is 0.357 e. The van der Waals surface area contributed by atoms with Crippen molar-refractivity contribution in [3.63, 3.8) is 0 Å². The number of aliphatic imine (C=N–C) groups is 1. The topological polar surface area (TPSA) is 68.2 Å². The van der Waals surface area contributed by atoms with Crippen molar-refractivity contribution in [2.75, 3.05) is 53.4 Å². The Morgan fingerprint density at radius 1 is 1.18 bits per heavy atom. The number of rotatable bonds is 8. The maximum atomic E-state index is 13.2. The molecule has 8 heteroatoms. The van der Waals surface area contributed by atoms with Crippen molar-refractivity contribution in [2.24, 2.45) is 4.99 Å². The van der Waals surface area contributed by atoms with E-state index in [0.717, 1.165) is 50.5 Å². The van der Waals surface area contributed by atoms with E-state index in [1.807, 2.05) is 33.2 Å². The second-order valence-electron chi connectivity index (χ2n) is 7.26. The Morgan fingerprint density at radius 3 is 2.50 bits per heavy atom. The highest BCUT2D eigenvalue weighted by molar-refractivity contribution is 7.89. The predicted molar refractivity (Wildman–Crippen MR) is 115 cm³/mol. The normalized spacial score (nSPS) is 16.9. The molecule has 1 fully saturated rings. The molecule has 158 valence electrons. The Hall–Kier alpha value is -1.64. The smallest absolute Gasteiger partial charge is 0.243 e. The molecule has 0 atom stereocenters. The first-order valence-electron chi connectivity index (χ1n) is 10.2. The van der Waals surface area contributed by atoms with E-state index in [4.69, 9.17) is 4.99 Å². The predicted octanol–water partition coefficient (Wildman–Crippen LogP) is 1.82. The van der Waals surface area contributed by atoms with E-state index in [-0.39, 0.29) is 0 Å². The minimum absolute atomic E-state index is 0.335. The molecule has 1 aliphatic heterocycles. The lowest BCUT2D eigenvalue weighted by atomic mass is 10.2. The van der Waals surface area contributed by atoms with E-state index in [1.54, 1.807) is 16.4 Å². The summed E-state index contributed by atoms with van der Waals surface area (Å²) in [5.41, 5.74) is 0.737. The van der Waals surface area contributed by atoms with E-state index in [0.29, 0.717) is 24.5 Å². The van der Waals surface area contributed by atoms with Crippen LogP contribution in [0.15, 0.2) is 34.2 Å². The highest BCUT2D eigenvalue weighted by Crippen LogP contribution is 2.22. The molecule has 0 unspecified atom stereocenters. The molecule has 0 amide bonds. The third-order valence-electron chi connectivity index (χ3n) is 5.00.